The molecular weight excluding hydrogens is 327 g/mol. The molecule has 120 valence electrons. The summed E-state index contributed by atoms with van der Waals surface area (Å²) in [6, 6.07) is 9.08. The number of benzene rings is 2. The summed E-state index contributed by atoms with van der Waals surface area (Å²) in [5, 5.41) is 22.8. The van der Waals surface area contributed by atoms with Crippen LogP contribution in [0.4, 0.5) is 10.1 Å². The Kier molecular flexibility index (Phi) is 5.25. The molecule has 2 N–H and O–H groups in total. The third kappa shape index (κ3) is 4.02. The van der Waals surface area contributed by atoms with Crippen molar-refractivity contribution in [2.75, 3.05) is 6.54 Å². The summed E-state index contributed by atoms with van der Waals surface area (Å²) in [7, 11) is 0. The van der Waals surface area contributed by atoms with Gasteiger partial charge in [-0.15, -0.1) is 0 Å². The highest BCUT2D eigenvalue weighted by atomic mass is 35.5. The van der Waals surface area contributed by atoms with Crippen LogP contribution in [-0.2, 0) is 0 Å². The SMILES string of the molecule is O=C(NCC(O)c1ccccc1F)c1ccc([N+](=O)[O-])cc1Cl. The van der Waals surface area contributed by atoms with Crippen LogP contribution >= 0.6 is 11.6 Å². The number of aliphatic hydroxyl groups is 1. The van der Waals surface area contributed by atoms with Crippen LogP contribution in [0.3, 0.4) is 0 Å². The molecule has 2 aromatic carbocycles. The topological polar surface area (TPSA) is 92.5 Å². The standard InChI is InChI=1S/C15H12ClFN2O4/c16-12-7-9(19(22)23)5-6-10(12)15(21)18-8-14(20)11-3-1-2-4-13(11)17/h1-7,14,20H,8H2,(H,18,21). The third-order valence-corrected chi connectivity index (χ3v) is 3.44. The number of rotatable bonds is 5. The maximum atomic E-state index is 13.5. The van der Waals surface area contributed by atoms with Gasteiger partial charge in [0.2, 0.25) is 0 Å². The Morgan fingerprint density at radius 3 is 2.65 bits per heavy atom. The number of aliphatic hydroxyl groups excluding tert-OH is 1. The van der Waals surface area contributed by atoms with Crippen molar-refractivity contribution in [1.29, 1.82) is 0 Å². The van der Waals surface area contributed by atoms with Gasteiger partial charge in [-0.3, -0.25) is 14.9 Å². The molecule has 0 aliphatic rings. The Morgan fingerprint density at radius 2 is 2.04 bits per heavy atom. The number of hydrogen-bond acceptors (Lipinski definition) is 4. The molecule has 0 aliphatic heterocycles. The molecule has 0 saturated heterocycles. The van der Waals surface area contributed by atoms with Gasteiger partial charge in [-0.05, 0) is 12.1 Å². The van der Waals surface area contributed by atoms with Crippen molar-refractivity contribution in [3.63, 3.8) is 0 Å². The molecule has 8 heteroatoms. The first-order valence-corrected chi connectivity index (χ1v) is 6.92. The molecule has 1 amide bonds. The van der Waals surface area contributed by atoms with E-state index in [1.54, 1.807) is 6.07 Å². The molecule has 0 spiro atoms. The van der Waals surface area contributed by atoms with E-state index in [0.717, 1.165) is 12.1 Å². The van der Waals surface area contributed by atoms with Crippen molar-refractivity contribution in [3.05, 3.63) is 74.5 Å². The van der Waals surface area contributed by atoms with Crippen LogP contribution in [0, 0.1) is 15.9 Å². The number of carbonyl (C=O) groups is 1. The highest BCUT2D eigenvalue weighted by Crippen LogP contribution is 2.22. The Morgan fingerprint density at radius 1 is 1.35 bits per heavy atom. The largest absolute Gasteiger partial charge is 0.386 e. The highest BCUT2D eigenvalue weighted by molar-refractivity contribution is 6.34. The number of halogens is 2. The number of hydrogen-bond donors (Lipinski definition) is 2. The van der Waals surface area contributed by atoms with E-state index in [1.165, 1.54) is 24.3 Å². The van der Waals surface area contributed by atoms with Crippen LogP contribution in [0.25, 0.3) is 0 Å². The lowest BCUT2D eigenvalue weighted by Gasteiger charge is -2.13. The fourth-order valence-corrected chi connectivity index (χ4v) is 2.20. The fourth-order valence-electron chi connectivity index (χ4n) is 1.94. The smallest absolute Gasteiger partial charge is 0.270 e. The van der Waals surface area contributed by atoms with Gasteiger partial charge in [0.25, 0.3) is 11.6 Å². The van der Waals surface area contributed by atoms with Crippen molar-refractivity contribution in [3.8, 4) is 0 Å². The number of carbonyl (C=O) groups excluding carboxylic acids is 1. The van der Waals surface area contributed by atoms with Crippen LogP contribution in [0.2, 0.25) is 5.02 Å². The molecule has 0 saturated carbocycles. The zero-order valence-electron chi connectivity index (χ0n) is 11.7. The van der Waals surface area contributed by atoms with Gasteiger partial charge in [-0.2, -0.15) is 0 Å². The average Bonchev–Trinajstić information content (AvgIpc) is 2.52. The number of nitrogens with one attached hydrogen (secondary N) is 1. The normalized spacial score (nSPS) is 11.8. The minimum absolute atomic E-state index is 0.0259. The Balaban J connectivity index is 2.05. The summed E-state index contributed by atoms with van der Waals surface area (Å²) >= 11 is 5.84. The number of nitro benzene ring substituents is 1. The first kappa shape index (κ1) is 16.9. The molecule has 0 heterocycles. The van der Waals surface area contributed by atoms with E-state index in [1.807, 2.05) is 0 Å². The van der Waals surface area contributed by atoms with E-state index in [4.69, 9.17) is 11.6 Å². The van der Waals surface area contributed by atoms with Gasteiger partial charge < -0.3 is 10.4 Å². The molecule has 1 atom stereocenters. The highest BCUT2D eigenvalue weighted by Gasteiger charge is 2.17. The van der Waals surface area contributed by atoms with Gasteiger partial charge in [0.05, 0.1) is 21.6 Å². The second-order valence-corrected chi connectivity index (χ2v) is 5.08. The quantitative estimate of drug-likeness (QED) is 0.647. The van der Waals surface area contributed by atoms with Gasteiger partial charge >= 0.3 is 0 Å². The summed E-state index contributed by atoms with van der Waals surface area (Å²) in [6.45, 7) is -0.229. The van der Waals surface area contributed by atoms with Gasteiger partial charge in [0.1, 0.15) is 5.82 Å². The van der Waals surface area contributed by atoms with Crippen LogP contribution < -0.4 is 5.32 Å². The molecule has 0 aromatic heterocycles. The van der Waals surface area contributed by atoms with E-state index in [-0.39, 0.29) is 28.4 Å². The van der Waals surface area contributed by atoms with Crippen molar-refractivity contribution in [2.24, 2.45) is 0 Å². The van der Waals surface area contributed by atoms with Crippen molar-refractivity contribution < 1.29 is 19.2 Å². The Bertz CT molecular complexity index is 754. The van der Waals surface area contributed by atoms with E-state index >= 15 is 0 Å². The van der Waals surface area contributed by atoms with E-state index in [0.29, 0.717) is 0 Å². The molecule has 2 aromatic rings. The maximum absolute atomic E-state index is 13.5. The van der Waals surface area contributed by atoms with Gasteiger partial charge in [-0.1, -0.05) is 29.8 Å². The zero-order chi connectivity index (χ0) is 17.0. The lowest BCUT2D eigenvalue weighted by atomic mass is 10.1. The second-order valence-electron chi connectivity index (χ2n) is 4.67. The van der Waals surface area contributed by atoms with Crippen molar-refractivity contribution in [1.82, 2.24) is 5.32 Å². The van der Waals surface area contributed by atoms with Gasteiger partial charge in [0, 0.05) is 24.2 Å². The minimum Gasteiger partial charge on any atom is -0.386 e. The second kappa shape index (κ2) is 7.17. The first-order chi connectivity index (χ1) is 10.9. The van der Waals surface area contributed by atoms with Gasteiger partial charge in [-0.25, -0.2) is 4.39 Å². The van der Waals surface area contributed by atoms with E-state index < -0.39 is 22.8 Å². The molecule has 2 rings (SSSR count). The molecule has 23 heavy (non-hydrogen) atoms. The summed E-state index contributed by atoms with van der Waals surface area (Å²) in [5.41, 5.74) is -0.154. The predicted octanol–water partition coefficient (Wildman–Crippen LogP) is 2.85. The van der Waals surface area contributed by atoms with Crippen molar-refractivity contribution in [2.45, 2.75) is 6.10 Å². The third-order valence-electron chi connectivity index (χ3n) is 3.13. The lowest BCUT2D eigenvalue weighted by Crippen LogP contribution is -2.29. The summed E-state index contributed by atoms with van der Waals surface area (Å²) in [4.78, 5) is 22.0. The first-order valence-electron chi connectivity index (χ1n) is 6.54. The summed E-state index contributed by atoms with van der Waals surface area (Å²) in [5.74, 6) is -1.21. The van der Waals surface area contributed by atoms with Crippen LogP contribution in [0.15, 0.2) is 42.5 Å². The minimum atomic E-state index is -1.23. The fraction of sp³-hybridized carbons (Fsp3) is 0.133. The summed E-state index contributed by atoms with van der Waals surface area (Å²) in [6.07, 6.45) is -1.23. The van der Waals surface area contributed by atoms with E-state index in [9.17, 15) is 24.4 Å². The lowest BCUT2D eigenvalue weighted by molar-refractivity contribution is -0.384. The molecule has 0 bridgehead atoms. The molecule has 1 unspecified atom stereocenters. The number of nitrogens with zero attached hydrogens (tertiary/aromatic N) is 1. The van der Waals surface area contributed by atoms with Crippen LogP contribution in [-0.4, -0.2) is 22.5 Å². The van der Waals surface area contributed by atoms with Gasteiger partial charge in [0.15, 0.2) is 0 Å². The number of nitro groups is 1. The number of non-ortho nitro benzene ring substituents is 1. The number of amides is 1. The zero-order valence-corrected chi connectivity index (χ0v) is 12.5. The van der Waals surface area contributed by atoms with E-state index in [2.05, 4.69) is 5.32 Å². The van der Waals surface area contributed by atoms with Crippen LogP contribution in [0.1, 0.15) is 22.0 Å². The van der Waals surface area contributed by atoms with Crippen LogP contribution in [0.5, 0.6) is 0 Å². The molecule has 0 fully saturated rings. The Hall–Kier alpha value is -2.51. The molecule has 0 aliphatic carbocycles. The molecular formula is C15H12ClFN2O4. The average molecular weight is 339 g/mol. The Labute approximate surface area is 135 Å². The monoisotopic (exact) mass is 338 g/mol. The molecule has 0 radical (unpaired) electrons. The predicted molar refractivity (Wildman–Crippen MR) is 81.8 cm³/mol. The van der Waals surface area contributed by atoms with Crippen molar-refractivity contribution >= 4 is 23.2 Å². The molecule has 6 nitrogen and oxygen atoms in total. The maximum Gasteiger partial charge on any atom is 0.270 e. The summed E-state index contributed by atoms with van der Waals surface area (Å²) < 4.78 is 13.5.